The first-order valence-electron chi connectivity index (χ1n) is 41.0. The average Bonchev–Trinajstić information content (AvgIpc) is 1.50. The Kier molecular flexibility index (Phi) is 14.2. The van der Waals surface area contributed by atoms with Crippen LogP contribution in [-0.2, 0) is 0 Å². The molecule has 122 heavy (non-hydrogen) atoms. The van der Waals surface area contributed by atoms with Crippen molar-refractivity contribution in [2.24, 2.45) is 0 Å². The maximum Gasteiger partial charge on any atom is 0.166 e. The van der Waals surface area contributed by atoms with Crippen LogP contribution < -0.4 is 0 Å². The van der Waals surface area contributed by atoms with Crippen LogP contribution in [-0.4, -0.2) is 39.0 Å². The fourth-order valence-corrected chi connectivity index (χ4v) is 21.8. The van der Waals surface area contributed by atoms with Gasteiger partial charge in [-0.2, -0.15) is 0 Å². The molecule has 0 spiro atoms. The van der Waals surface area contributed by atoms with E-state index in [-0.39, 0.29) is 0 Å². The Balaban J connectivity index is 0.740. The van der Waals surface area contributed by atoms with Crippen molar-refractivity contribution in [3.05, 3.63) is 364 Å². The second kappa shape index (κ2) is 25.8. The minimum atomic E-state index is 0.495. The standard InChI is InChI=1S/C110H60N8O2S2/c1-2-22-62-51-71(44-43-61(62)21-1)106-112-108(73-46-48-80-78-34-13-18-42-95(78)122-97(80)60-73)116-110(115-106)101-82-37-20-36-74(98(82)104-100(81-35-11-16-40-91(81)120-104)103(101)118-88-39-15-10-32-76(88)85-54-64-24-4-7-27-67(64)57-90(85)118)69-29-19-30-70(52-69)105-111-107(72-45-47-79-77-33-12-17-41-94(77)121-96(79)59-72)114-109(113-105)83-49-50-92-99(86-55-65-25-5-8-28-68(65)58-93(86)119-92)102(83)117-87-38-14-9-31-75(87)84-53-63-23-3-6-26-66(63)56-89(84)117/h1-60H. The van der Waals surface area contributed by atoms with Gasteiger partial charge in [0.25, 0.3) is 0 Å². The van der Waals surface area contributed by atoms with Crippen molar-refractivity contribution in [3.63, 3.8) is 0 Å². The molecule has 27 aromatic rings. The van der Waals surface area contributed by atoms with Gasteiger partial charge in [0, 0.05) is 106 Å². The van der Waals surface area contributed by atoms with E-state index in [1.54, 1.807) is 22.7 Å². The van der Waals surface area contributed by atoms with Gasteiger partial charge < -0.3 is 18.0 Å². The van der Waals surface area contributed by atoms with Crippen LogP contribution in [0.1, 0.15) is 0 Å². The summed E-state index contributed by atoms with van der Waals surface area (Å²) in [6.07, 6.45) is 0. The highest BCUT2D eigenvalue weighted by molar-refractivity contribution is 7.26. The molecule has 0 N–H and O–H groups in total. The van der Waals surface area contributed by atoms with Crippen LogP contribution in [0.5, 0.6) is 0 Å². The molecule has 0 aliphatic carbocycles. The van der Waals surface area contributed by atoms with E-state index in [9.17, 15) is 0 Å². The van der Waals surface area contributed by atoms with Crippen LogP contribution >= 0.6 is 22.7 Å². The van der Waals surface area contributed by atoms with Crippen molar-refractivity contribution >= 4 is 204 Å². The Morgan fingerprint density at radius 2 is 0.648 bits per heavy atom. The molecule has 0 radical (unpaired) electrons. The van der Waals surface area contributed by atoms with Gasteiger partial charge in [-0.25, -0.2) is 29.9 Å². The van der Waals surface area contributed by atoms with Crippen LogP contribution in [0.4, 0.5) is 0 Å². The number of nitrogens with zero attached hydrogens (tertiary/aromatic N) is 8. The first-order valence-corrected chi connectivity index (χ1v) is 42.6. The van der Waals surface area contributed by atoms with E-state index in [4.69, 9.17) is 38.7 Å². The lowest BCUT2D eigenvalue weighted by Crippen LogP contribution is -2.05. The minimum absolute atomic E-state index is 0.495. The fourth-order valence-electron chi connectivity index (χ4n) is 19.5. The van der Waals surface area contributed by atoms with E-state index < -0.39 is 0 Å². The van der Waals surface area contributed by atoms with E-state index in [1.807, 2.05) is 0 Å². The van der Waals surface area contributed by atoms with Crippen molar-refractivity contribution in [3.8, 4) is 90.8 Å². The Hall–Kier alpha value is -15.9. The van der Waals surface area contributed by atoms with Crippen molar-refractivity contribution < 1.29 is 8.83 Å². The van der Waals surface area contributed by atoms with Crippen molar-refractivity contribution in [2.75, 3.05) is 0 Å². The van der Waals surface area contributed by atoms with E-state index in [2.05, 4.69) is 373 Å². The molecule has 0 amide bonds. The zero-order chi connectivity index (χ0) is 79.5. The number of hydrogen-bond donors (Lipinski definition) is 0. The predicted molar refractivity (Wildman–Crippen MR) is 508 cm³/mol. The summed E-state index contributed by atoms with van der Waals surface area (Å²) < 4.78 is 24.3. The van der Waals surface area contributed by atoms with Crippen LogP contribution in [0.3, 0.4) is 0 Å². The number of rotatable bonds is 9. The molecule has 19 aromatic carbocycles. The number of benzene rings is 19. The molecule has 0 atom stereocenters. The SMILES string of the molecule is c1cc(-c2nc(-c3ccc4c(c3)sc3ccccc34)nc(-c3ccc4oc5cc6ccccc6cc5c4c3-n3c4ccccc4c4cc5ccccc5cc43)n2)cc(-c2cccc3c(-c4nc(-c5ccc6ccccc6c5)nc(-c5ccc6c(c5)sc5ccccc56)n4)c(-n4c5ccccc5c5cc6ccccc6cc54)c4c5ccccc5oc4c23)c1. The summed E-state index contributed by atoms with van der Waals surface area (Å²) in [5.74, 6) is 3.12. The Bertz CT molecular complexity index is 9280. The molecule has 0 aliphatic heterocycles. The monoisotopic (exact) mass is 1590 g/mol. The molecule has 8 aromatic heterocycles. The van der Waals surface area contributed by atoms with Crippen molar-refractivity contribution in [2.45, 2.75) is 0 Å². The summed E-state index contributed by atoms with van der Waals surface area (Å²) in [5, 5.41) is 23.8. The molecular formula is C110H60N8O2S2. The van der Waals surface area contributed by atoms with Gasteiger partial charge in [-0.05, 0) is 163 Å². The molecule has 0 saturated carbocycles. The predicted octanol–water partition coefficient (Wildman–Crippen LogP) is 30.2. The molecule has 12 heteroatoms. The third kappa shape index (κ3) is 10.1. The summed E-state index contributed by atoms with van der Waals surface area (Å²) in [7, 11) is 0. The third-order valence-electron chi connectivity index (χ3n) is 25.1. The minimum Gasteiger partial charge on any atom is -0.456 e. The van der Waals surface area contributed by atoms with Gasteiger partial charge in [0.05, 0.1) is 49.8 Å². The number of furan rings is 2. The van der Waals surface area contributed by atoms with Gasteiger partial charge >= 0.3 is 0 Å². The first-order chi connectivity index (χ1) is 60.4. The molecule has 8 heterocycles. The van der Waals surface area contributed by atoms with Crippen LogP contribution in [0.15, 0.2) is 373 Å². The summed E-state index contributed by atoms with van der Waals surface area (Å²) in [6.45, 7) is 0. The van der Waals surface area contributed by atoms with Gasteiger partial charge in [-0.3, -0.25) is 0 Å². The Labute approximate surface area is 702 Å². The quantitative estimate of drug-likeness (QED) is 0.140. The smallest absolute Gasteiger partial charge is 0.166 e. The maximum atomic E-state index is 7.62. The van der Waals surface area contributed by atoms with Gasteiger partial charge in [-0.1, -0.05) is 261 Å². The molecule has 564 valence electrons. The van der Waals surface area contributed by atoms with E-state index in [0.717, 1.165) is 201 Å². The first kappa shape index (κ1) is 67.2. The molecule has 0 saturated heterocycles. The van der Waals surface area contributed by atoms with Gasteiger partial charge in [0.15, 0.2) is 34.9 Å². The lowest BCUT2D eigenvalue weighted by Gasteiger charge is -2.20. The lowest BCUT2D eigenvalue weighted by molar-refractivity contribution is 0.669. The third-order valence-corrected chi connectivity index (χ3v) is 27.3. The average molecular weight is 1590 g/mol. The van der Waals surface area contributed by atoms with Crippen molar-refractivity contribution in [1.82, 2.24) is 39.0 Å². The molecule has 0 bridgehead atoms. The van der Waals surface area contributed by atoms with Crippen LogP contribution in [0.2, 0.25) is 0 Å². The van der Waals surface area contributed by atoms with Gasteiger partial charge in [-0.15, -0.1) is 22.7 Å². The summed E-state index contributed by atoms with van der Waals surface area (Å²) >= 11 is 3.56. The number of thiophene rings is 2. The number of para-hydroxylation sites is 3. The second-order valence-electron chi connectivity index (χ2n) is 31.9. The summed E-state index contributed by atoms with van der Waals surface area (Å²) in [6, 6.07) is 131. The largest absolute Gasteiger partial charge is 0.456 e. The molecule has 0 unspecified atom stereocenters. The summed E-state index contributed by atoms with van der Waals surface area (Å²) in [5.41, 5.74) is 15.8. The topological polar surface area (TPSA) is 113 Å². The maximum absolute atomic E-state index is 7.62. The van der Waals surface area contributed by atoms with Crippen molar-refractivity contribution in [1.29, 1.82) is 0 Å². The normalized spacial score (nSPS) is 12.3. The lowest BCUT2D eigenvalue weighted by atomic mass is 9.90. The Morgan fingerprint density at radius 1 is 0.205 bits per heavy atom. The zero-order valence-electron chi connectivity index (χ0n) is 64.9. The molecule has 27 rings (SSSR count). The number of hydrogen-bond acceptors (Lipinski definition) is 10. The number of aromatic nitrogens is 8. The van der Waals surface area contributed by atoms with E-state index in [1.165, 1.54) is 30.9 Å². The number of fused-ring (bicyclic) bond motifs is 24. The van der Waals surface area contributed by atoms with E-state index in [0.29, 0.717) is 40.5 Å². The summed E-state index contributed by atoms with van der Waals surface area (Å²) in [4.78, 5) is 34.6. The zero-order valence-corrected chi connectivity index (χ0v) is 66.5. The highest BCUT2D eigenvalue weighted by Gasteiger charge is 2.32. The molecule has 0 aliphatic rings. The second-order valence-corrected chi connectivity index (χ2v) is 34.1. The molecule has 10 nitrogen and oxygen atoms in total. The van der Waals surface area contributed by atoms with Gasteiger partial charge in [0.1, 0.15) is 22.3 Å². The molecular weight excluding hydrogens is 1530 g/mol. The highest BCUT2D eigenvalue weighted by Crippen LogP contribution is 2.53. The van der Waals surface area contributed by atoms with Gasteiger partial charge in [0.2, 0.25) is 0 Å². The fraction of sp³-hybridized carbons (Fsp3) is 0. The molecule has 0 fully saturated rings. The Morgan fingerprint density at radius 3 is 1.26 bits per heavy atom. The van der Waals surface area contributed by atoms with Crippen LogP contribution in [0.25, 0.3) is 273 Å². The highest BCUT2D eigenvalue weighted by atomic mass is 32.1. The van der Waals surface area contributed by atoms with Crippen LogP contribution in [0, 0.1) is 0 Å². The van der Waals surface area contributed by atoms with E-state index >= 15 is 0 Å².